The Balaban J connectivity index is 0.00000288. The molecular weight excluding hydrogens is 419 g/mol. The summed E-state index contributed by atoms with van der Waals surface area (Å²) < 4.78 is 7.35. The largest absolute Gasteiger partial charge is 0.382 e. The number of nitrogens with one attached hydrogen (secondary N) is 2. The molecule has 0 unspecified atom stereocenters. The van der Waals surface area contributed by atoms with Crippen molar-refractivity contribution in [3.05, 3.63) is 11.6 Å². The van der Waals surface area contributed by atoms with Crippen LogP contribution in [0.2, 0.25) is 0 Å². The van der Waals surface area contributed by atoms with E-state index in [1.807, 2.05) is 25.5 Å². The van der Waals surface area contributed by atoms with Gasteiger partial charge in [-0.25, -0.2) is 4.99 Å². The zero-order chi connectivity index (χ0) is 16.5. The number of aliphatic imine (C=N–C) groups is 1. The number of rotatable bonds is 8. The van der Waals surface area contributed by atoms with Gasteiger partial charge in [0.1, 0.15) is 12.4 Å². The van der Waals surface area contributed by atoms with Crippen molar-refractivity contribution in [3.63, 3.8) is 0 Å². The molecule has 138 valence electrons. The molecule has 0 bridgehead atoms. The second-order valence-corrected chi connectivity index (χ2v) is 5.99. The lowest BCUT2D eigenvalue weighted by Crippen LogP contribution is -2.43. The molecule has 0 amide bonds. The Morgan fingerprint density at radius 1 is 1.33 bits per heavy atom. The number of hydrogen-bond donors (Lipinski definition) is 2. The van der Waals surface area contributed by atoms with Crippen molar-refractivity contribution in [1.29, 1.82) is 0 Å². The third kappa shape index (κ3) is 6.92. The second kappa shape index (κ2) is 11.6. The van der Waals surface area contributed by atoms with Crippen LogP contribution in [0.4, 0.5) is 0 Å². The number of aryl methyl sites for hydroxylation is 1. The zero-order valence-corrected chi connectivity index (χ0v) is 17.4. The van der Waals surface area contributed by atoms with Crippen LogP contribution in [0.5, 0.6) is 0 Å². The van der Waals surface area contributed by atoms with E-state index in [0.717, 1.165) is 43.8 Å². The molecule has 0 spiro atoms. The Morgan fingerprint density at radius 2 is 2.08 bits per heavy atom. The lowest BCUT2D eigenvalue weighted by Gasteiger charge is -2.17. The first-order valence-electron chi connectivity index (χ1n) is 8.68. The van der Waals surface area contributed by atoms with Crippen LogP contribution in [0.15, 0.2) is 4.99 Å². The predicted molar refractivity (Wildman–Crippen MR) is 107 cm³/mol. The third-order valence-corrected chi connectivity index (χ3v) is 4.22. The summed E-state index contributed by atoms with van der Waals surface area (Å²) in [6, 6.07) is 0.536. The maximum atomic E-state index is 5.37. The number of guanidine groups is 1. The second-order valence-electron chi connectivity index (χ2n) is 5.99. The van der Waals surface area contributed by atoms with Gasteiger partial charge in [0.15, 0.2) is 11.8 Å². The molecule has 0 aromatic carbocycles. The number of ether oxygens (including phenoxy) is 1. The molecule has 8 heteroatoms. The maximum absolute atomic E-state index is 5.37. The van der Waals surface area contributed by atoms with E-state index in [4.69, 9.17) is 4.74 Å². The Hall–Kier alpha value is -0.900. The maximum Gasteiger partial charge on any atom is 0.191 e. The fourth-order valence-corrected chi connectivity index (χ4v) is 2.68. The van der Waals surface area contributed by atoms with Gasteiger partial charge in [-0.1, -0.05) is 12.8 Å². The van der Waals surface area contributed by atoms with Crippen molar-refractivity contribution in [2.75, 3.05) is 19.8 Å². The van der Waals surface area contributed by atoms with E-state index in [-0.39, 0.29) is 24.0 Å². The molecule has 2 N–H and O–H groups in total. The van der Waals surface area contributed by atoms with Gasteiger partial charge in [0.25, 0.3) is 0 Å². The molecule has 24 heavy (non-hydrogen) atoms. The van der Waals surface area contributed by atoms with Gasteiger partial charge in [0, 0.05) is 32.8 Å². The predicted octanol–water partition coefficient (Wildman–Crippen LogP) is 2.15. The number of aromatic nitrogens is 3. The highest BCUT2D eigenvalue weighted by Crippen LogP contribution is 2.17. The van der Waals surface area contributed by atoms with Crippen LogP contribution in [-0.4, -0.2) is 46.5 Å². The standard InChI is InChI=1S/C16H30N6O.HI/c1-4-23-11-7-10-17-16(19-14-8-5-6-9-14)18-12-15-21-20-13(2)22(15)3;/h14H,4-12H2,1-3H3,(H2,17,18,19);1H. The molecule has 1 aromatic heterocycles. The summed E-state index contributed by atoms with van der Waals surface area (Å²) in [5.74, 6) is 2.66. The van der Waals surface area contributed by atoms with Crippen LogP contribution in [0.3, 0.4) is 0 Å². The third-order valence-electron chi connectivity index (χ3n) is 4.22. The minimum Gasteiger partial charge on any atom is -0.382 e. The molecule has 1 aliphatic rings. The summed E-state index contributed by atoms with van der Waals surface area (Å²) in [6.45, 7) is 6.91. The van der Waals surface area contributed by atoms with E-state index in [2.05, 4.69) is 25.8 Å². The molecule has 1 saturated carbocycles. The summed E-state index contributed by atoms with van der Waals surface area (Å²) >= 11 is 0. The van der Waals surface area contributed by atoms with Gasteiger partial charge in [-0.2, -0.15) is 0 Å². The van der Waals surface area contributed by atoms with Gasteiger partial charge in [-0.05, 0) is 33.1 Å². The molecule has 1 aliphatic carbocycles. The molecule has 2 rings (SSSR count). The zero-order valence-electron chi connectivity index (χ0n) is 15.0. The lowest BCUT2D eigenvalue weighted by atomic mass is 10.2. The van der Waals surface area contributed by atoms with Crippen LogP contribution >= 0.6 is 24.0 Å². The average Bonchev–Trinajstić information content (AvgIpc) is 3.16. The number of hydrogen-bond acceptors (Lipinski definition) is 4. The van der Waals surface area contributed by atoms with Crippen LogP contribution in [-0.2, 0) is 18.3 Å². The van der Waals surface area contributed by atoms with Gasteiger partial charge in [0.05, 0.1) is 0 Å². The molecule has 0 atom stereocenters. The van der Waals surface area contributed by atoms with Crippen LogP contribution < -0.4 is 10.6 Å². The normalized spacial score (nSPS) is 15.4. The Bertz CT molecular complexity index is 499. The SMILES string of the molecule is CCOCCCNC(=NCc1nnc(C)n1C)NC1CCCC1.I. The van der Waals surface area contributed by atoms with Crippen LogP contribution in [0.25, 0.3) is 0 Å². The van der Waals surface area contributed by atoms with Crippen molar-refractivity contribution in [1.82, 2.24) is 25.4 Å². The van der Waals surface area contributed by atoms with Gasteiger partial charge < -0.3 is 19.9 Å². The highest BCUT2D eigenvalue weighted by Gasteiger charge is 2.16. The molecule has 0 saturated heterocycles. The number of halogens is 1. The molecule has 0 radical (unpaired) electrons. The summed E-state index contributed by atoms with van der Waals surface area (Å²) in [6.07, 6.45) is 6.03. The van der Waals surface area contributed by atoms with E-state index in [0.29, 0.717) is 12.6 Å². The molecule has 0 aliphatic heterocycles. The van der Waals surface area contributed by atoms with Crippen molar-refractivity contribution in [2.24, 2.45) is 12.0 Å². The average molecular weight is 450 g/mol. The Labute approximate surface area is 162 Å². The van der Waals surface area contributed by atoms with Crippen molar-refractivity contribution in [3.8, 4) is 0 Å². The summed E-state index contributed by atoms with van der Waals surface area (Å²) in [4.78, 5) is 4.68. The monoisotopic (exact) mass is 450 g/mol. The van der Waals surface area contributed by atoms with E-state index in [1.165, 1.54) is 25.7 Å². The van der Waals surface area contributed by atoms with Crippen molar-refractivity contribution < 1.29 is 4.74 Å². The highest BCUT2D eigenvalue weighted by molar-refractivity contribution is 14.0. The van der Waals surface area contributed by atoms with E-state index < -0.39 is 0 Å². The summed E-state index contributed by atoms with van der Waals surface area (Å²) in [5.41, 5.74) is 0. The topological polar surface area (TPSA) is 76.4 Å². The summed E-state index contributed by atoms with van der Waals surface area (Å²) in [7, 11) is 1.97. The van der Waals surface area contributed by atoms with Gasteiger partial charge in [-0.15, -0.1) is 34.2 Å². The fourth-order valence-electron chi connectivity index (χ4n) is 2.68. The first kappa shape index (κ1) is 21.1. The van der Waals surface area contributed by atoms with Crippen molar-refractivity contribution in [2.45, 2.75) is 58.5 Å². The van der Waals surface area contributed by atoms with Gasteiger partial charge in [-0.3, -0.25) is 0 Å². The molecule has 1 heterocycles. The quantitative estimate of drug-likeness (QED) is 0.275. The Kier molecular flexibility index (Phi) is 10.2. The highest BCUT2D eigenvalue weighted by atomic mass is 127. The smallest absolute Gasteiger partial charge is 0.191 e. The molecule has 1 fully saturated rings. The van der Waals surface area contributed by atoms with Gasteiger partial charge >= 0.3 is 0 Å². The molecule has 7 nitrogen and oxygen atoms in total. The first-order chi connectivity index (χ1) is 11.2. The van der Waals surface area contributed by atoms with Crippen LogP contribution in [0, 0.1) is 6.92 Å². The van der Waals surface area contributed by atoms with E-state index in [9.17, 15) is 0 Å². The minimum atomic E-state index is 0. The van der Waals surface area contributed by atoms with E-state index in [1.54, 1.807) is 0 Å². The number of nitrogens with zero attached hydrogens (tertiary/aromatic N) is 4. The first-order valence-corrected chi connectivity index (χ1v) is 8.68. The molecule has 1 aromatic rings. The summed E-state index contributed by atoms with van der Waals surface area (Å²) in [5, 5.41) is 15.2. The fraction of sp³-hybridized carbons (Fsp3) is 0.812. The minimum absolute atomic E-state index is 0. The van der Waals surface area contributed by atoms with Crippen LogP contribution in [0.1, 0.15) is 50.7 Å². The molecular formula is C16H31IN6O. The van der Waals surface area contributed by atoms with E-state index >= 15 is 0 Å². The Morgan fingerprint density at radius 3 is 2.71 bits per heavy atom. The lowest BCUT2D eigenvalue weighted by molar-refractivity contribution is 0.145. The van der Waals surface area contributed by atoms with Crippen molar-refractivity contribution >= 4 is 29.9 Å². The van der Waals surface area contributed by atoms with Gasteiger partial charge in [0.2, 0.25) is 0 Å².